The van der Waals surface area contributed by atoms with Gasteiger partial charge in [-0.1, -0.05) is 0 Å². The van der Waals surface area contributed by atoms with Gasteiger partial charge in [-0.05, 0) is 6.92 Å². The standard InChI is InChI=1S/C7H8N2O2/c1-4(8)7-9-5-2-10-3-6(5)11-7/h2-4H,8H2,1H3/t4-/m0/s1. The van der Waals surface area contributed by atoms with E-state index in [-0.39, 0.29) is 6.04 Å². The molecule has 11 heavy (non-hydrogen) atoms. The SMILES string of the molecule is C[C@H](N)c1nc2cocc2o1. The summed E-state index contributed by atoms with van der Waals surface area (Å²) in [5, 5.41) is 0. The van der Waals surface area contributed by atoms with E-state index in [4.69, 9.17) is 14.6 Å². The highest BCUT2D eigenvalue weighted by Crippen LogP contribution is 2.18. The van der Waals surface area contributed by atoms with Gasteiger partial charge in [0.15, 0.2) is 5.58 Å². The summed E-state index contributed by atoms with van der Waals surface area (Å²) in [5.74, 6) is 0.547. The second-order valence-corrected chi connectivity index (χ2v) is 2.46. The lowest BCUT2D eigenvalue weighted by atomic mass is 10.4. The van der Waals surface area contributed by atoms with Crippen molar-refractivity contribution in [2.24, 2.45) is 5.73 Å². The number of oxazole rings is 1. The van der Waals surface area contributed by atoms with Gasteiger partial charge in [-0.2, -0.15) is 0 Å². The lowest BCUT2D eigenvalue weighted by Crippen LogP contribution is -2.04. The molecule has 2 aromatic rings. The Morgan fingerprint density at radius 2 is 2.36 bits per heavy atom. The predicted octanol–water partition coefficient (Wildman–Crippen LogP) is 1.44. The Morgan fingerprint density at radius 1 is 1.55 bits per heavy atom. The number of nitrogens with zero attached hydrogens (tertiary/aromatic N) is 1. The van der Waals surface area contributed by atoms with Gasteiger partial charge in [0.25, 0.3) is 0 Å². The minimum absolute atomic E-state index is 0.164. The highest BCUT2D eigenvalue weighted by molar-refractivity contribution is 5.70. The molecule has 0 radical (unpaired) electrons. The fourth-order valence-corrected chi connectivity index (χ4v) is 0.885. The molecule has 4 heteroatoms. The summed E-state index contributed by atoms with van der Waals surface area (Å²) in [6, 6.07) is -0.164. The van der Waals surface area contributed by atoms with Crippen LogP contribution in [0.1, 0.15) is 18.9 Å². The predicted molar refractivity (Wildman–Crippen MR) is 38.9 cm³/mol. The fourth-order valence-electron chi connectivity index (χ4n) is 0.885. The summed E-state index contributed by atoms with van der Waals surface area (Å²) in [5.41, 5.74) is 6.92. The van der Waals surface area contributed by atoms with E-state index in [2.05, 4.69) is 4.98 Å². The van der Waals surface area contributed by atoms with E-state index in [1.54, 1.807) is 0 Å². The van der Waals surface area contributed by atoms with Crippen LogP contribution in [-0.2, 0) is 0 Å². The molecule has 2 aromatic heterocycles. The van der Waals surface area contributed by atoms with Gasteiger partial charge in [0.2, 0.25) is 5.89 Å². The molecular formula is C7H8N2O2. The number of hydrogen-bond donors (Lipinski definition) is 1. The second-order valence-electron chi connectivity index (χ2n) is 2.46. The highest BCUT2D eigenvalue weighted by Gasteiger charge is 2.09. The second kappa shape index (κ2) is 2.10. The molecule has 0 bridgehead atoms. The van der Waals surface area contributed by atoms with Crippen molar-refractivity contribution < 1.29 is 8.83 Å². The molecule has 0 aliphatic heterocycles. The molecule has 0 fully saturated rings. The largest absolute Gasteiger partial charge is 0.466 e. The molecule has 0 aromatic carbocycles. The maximum absolute atomic E-state index is 5.55. The van der Waals surface area contributed by atoms with Gasteiger partial charge >= 0.3 is 0 Å². The van der Waals surface area contributed by atoms with Crippen LogP contribution in [0.2, 0.25) is 0 Å². The van der Waals surface area contributed by atoms with Gasteiger partial charge in [-0.25, -0.2) is 4.98 Å². The van der Waals surface area contributed by atoms with Crippen LogP contribution in [-0.4, -0.2) is 4.98 Å². The summed E-state index contributed by atoms with van der Waals surface area (Å²) in [7, 11) is 0. The third-order valence-electron chi connectivity index (χ3n) is 1.44. The van der Waals surface area contributed by atoms with Crippen LogP contribution in [0.5, 0.6) is 0 Å². The number of nitrogens with two attached hydrogens (primary N) is 1. The zero-order valence-electron chi connectivity index (χ0n) is 6.07. The number of aromatic nitrogens is 1. The molecule has 0 unspecified atom stereocenters. The Morgan fingerprint density at radius 3 is 3.00 bits per heavy atom. The van der Waals surface area contributed by atoms with Gasteiger partial charge in [-0.15, -0.1) is 0 Å². The molecule has 4 nitrogen and oxygen atoms in total. The highest BCUT2D eigenvalue weighted by atomic mass is 16.4. The molecule has 0 saturated heterocycles. The molecule has 1 atom stereocenters. The van der Waals surface area contributed by atoms with Gasteiger partial charge < -0.3 is 14.6 Å². The Bertz CT molecular complexity index is 333. The van der Waals surface area contributed by atoms with E-state index < -0.39 is 0 Å². The molecule has 0 aliphatic rings. The fraction of sp³-hybridized carbons (Fsp3) is 0.286. The van der Waals surface area contributed by atoms with Gasteiger partial charge in [-0.3, -0.25) is 0 Å². The van der Waals surface area contributed by atoms with Gasteiger partial charge in [0.1, 0.15) is 18.0 Å². The number of hydrogen-bond acceptors (Lipinski definition) is 4. The van der Waals surface area contributed by atoms with E-state index in [0.717, 1.165) is 5.52 Å². The molecular weight excluding hydrogens is 144 g/mol. The van der Waals surface area contributed by atoms with E-state index >= 15 is 0 Å². The first-order chi connectivity index (χ1) is 5.27. The molecule has 2 N–H and O–H groups in total. The molecule has 0 aliphatic carbocycles. The maximum Gasteiger partial charge on any atom is 0.212 e. The van der Waals surface area contributed by atoms with Crippen molar-refractivity contribution in [3.05, 3.63) is 18.4 Å². The molecule has 0 spiro atoms. The van der Waals surface area contributed by atoms with Gasteiger partial charge in [0, 0.05) is 0 Å². The normalized spacial score (nSPS) is 14.0. The van der Waals surface area contributed by atoms with Crippen LogP contribution >= 0.6 is 0 Å². The van der Waals surface area contributed by atoms with Crippen LogP contribution in [0.4, 0.5) is 0 Å². The Labute approximate surface area is 63.0 Å². The first kappa shape index (κ1) is 6.42. The Kier molecular flexibility index (Phi) is 1.22. The third-order valence-corrected chi connectivity index (χ3v) is 1.44. The quantitative estimate of drug-likeness (QED) is 0.671. The van der Waals surface area contributed by atoms with Crippen LogP contribution in [0, 0.1) is 0 Å². The lowest BCUT2D eigenvalue weighted by molar-refractivity contribution is 0.479. The average Bonchev–Trinajstić information content (AvgIpc) is 2.40. The van der Waals surface area contributed by atoms with E-state index in [0.29, 0.717) is 11.5 Å². The molecule has 0 amide bonds. The van der Waals surface area contributed by atoms with Crippen molar-refractivity contribution >= 4 is 11.1 Å². The van der Waals surface area contributed by atoms with Crippen molar-refractivity contribution in [2.45, 2.75) is 13.0 Å². The summed E-state index contributed by atoms with van der Waals surface area (Å²) < 4.78 is 10.1. The molecule has 2 rings (SSSR count). The Balaban J connectivity index is 2.58. The first-order valence-corrected chi connectivity index (χ1v) is 3.35. The van der Waals surface area contributed by atoms with Crippen molar-refractivity contribution in [2.75, 3.05) is 0 Å². The Hall–Kier alpha value is -1.29. The summed E-state index contributed by atoms with van der Waals surface area (Å²) >= 11 is 0. The summed E-state index contributed by atoms with van der Waals surface area (Å²) in [6.07, 6.45) is 3.04. The summed E-state index contributed by atoms with van der Waals surface area (Å²) in [6.45, 7) is 1.82. The average molecular weight is 152 g/mol. The maximum atomic E-state index is 5.55. The van der Waals surface area contributed by atoms with E-state index in [1.807, 2.05) is 6.92 Å². The van der Waals surface area contributed by atoms with Crippen molar-refractivity contribution in [3.63, 3.8) is 0 Å². The van der Waals surface area contributed by atoms with E-state index in [1.165, 1.54) is 12.5 Å². The van der Waals surface area contributed by atoms with Crippen LogP contribution in [0.25, 0.3) is 11.1 Å². The first-order valence-electron chi connectivity index (χ1n) is 3.35. The van der Waals surface area contributed by atoms with Crippen LogP contribution in [0.3, 0.4) is 0 Å². The van der Waals surface area contributed by atoms with Crippen molar-refractivity contribution in [1.29, 1.82) is 0 Å². The number of rotatable bonds is 1. The lowest BCUT2D eigenvalue weighted by Gasteiger charge is -1.94. The third kappa shape index (κ3) is 0.914. The molecule has 2 heterocycles. The van der Waals surface area contributed by atoms with Crippen molar-refractivity contribution in [3.8, 4) is 0 Å². The smallest absolute Gasteiger partial charge is 0.212 e. The minimum atomic E-state index is -0.164. The van der Waals surface area contributed by atoms with Crippen LogP contribution in [0.15, 0.2) is 21.4 Å². The number of furan rings is 1. The molecule has 58 valence electrons. The topological polar surface area (TPSA) is 65.2 Å². The zero-order valence-corrected chi connectivity index (χ0v) is 6.07. The molecule has 0 saturated carbocycles. The minimum Gasteiger partial charge on any atom is -0.466 e. The zero-order chi connectivity index (χ0) is 7.84. The summed E-state index contributed by atoms with van der Waals surface area (Å²) in [4.78, 5) is 4.09. The van der Waals surface area contributed by atoms with Crippen LogP contribution < -0.4 is 5.73 Å². The van der Waals surface area contributed by atoms with Crippen molar-refractivity contribution in [1.82, 2.24) is 4.98 Å². The van der Waals surface area contributed by atoms with E-state index in [9.17, 15) is 0 Å². The monoisotopic (exact) mass is 152 g/mol. The number of fused-ring (bicyclic) bond motifs is 1. The van der Waals surface area contributed by atoms with Gasteiger partial charge in [0.05, 0.1) is 6.04 Å².